The fourth-order valence-corrected chi connectivity index (χ4v) is 7.04. The van der Waals surface area contributed by atoms with Crippen molar-refractivity contribution in [2.45, 2.75) is 24.0 Å². The number of rotatable bonds is 10. The summed E-state index contributed by atoms with van der Waals surface area (Å²) in [5.74, 6) is -57.3. The quantitative estimate of drug-likeness (QED) is 0.0537. The first-order chi connectivity index (χ1) is 30.4. The highest BCUT2D eigenvalue weighted by molar-refractivity contribution is 5.49. The molecule has 7 aromatic rings. The van der Waals surface area contributed by atoms with E-state index in [2.05, 4.69) is 15.0 Å². The van der Waals surface area contributed by atoms with Crippen LogP contribution in [0.25, 0.3) is 0 Å². The van der Waals surface area contributed by atoms with Crippen LogP contribution in [0, 0.1) is 116 Å². The lowest BCUT2D eigenvalue weighted by Crippen LogP contribution is -2.16. The Morgan fingerprint density at radius 3 is 0.862 bits per heavy atom. The Hall–Kier alpha value is -6.76. The predicted octanol–water partition coefficient (Wildman–Crippen LogP) is 11.0. The lowest BCUT2D eigenvalue weighted by molar-refractivity contribution is 0.198. The molecule has 342 valence electrons. The fourth-order valence-electron chi connectivity index (χ4n) is 7.04. The van der Waals surface area contributed by atoms with Crippen molar-refractivity contribution in [3.8, 4) is 0 Å². The second-order valence-corrected chi connectivity index (χ2v) is 13.7. The molecule has 0 aliphatic carbocycles. The number of nitrogens with one attached hydrogen (secondary N) is 3. The first kappa shape index (κ1) is 46.2. The summed E-state index contributed by atoms with van der Waals surface area (Å²) in [5.41, 5.74) is -13.0. The van der Waals surface area contributed by atoms with Crippen LogP contribution < -0.4 is 0 Å². The van der Waals surface area contributed by atoms with E-state index in [1.54, 1.807) is 0 Å². The van der Waals surface area contributed by atoms with Crippen molar-refractivity contribution in [3.63, 3.8) is 0 Å². The van der Waals surface area contributed by atoms with E-state index in [-0.39, 0.29) is 0 Å². The third kappa shape index (κ3) is 7.16. The van der Waals surface area contributed by atoms with Crippen molar-refractivity contribution in [1.29, 1.82) is 0 Å². The molecule has 0 radical (unpaired) electrons. The molecule has 5 nitrogen and oxygen atoms in total. The average Bonchev–Trinajstić information content (AvgIpc) is 4.09. The summed E-state index contributed by atoms with van der Waals surface area (Å²) in [4.78, 5) is 6.35. The number of aliphatic hydroxyl groups is 2. The first-order valence-electron chi connectivity index (χ1n) is 17.4. The standard InChI is InChI=1S/C40H15F20N3O2/c41-19-15(20(42)28(50)35(57)27(19)49)13(8-1-3-10(62-8)39(64)17-23(45)31(53)37(59)32(54)24(17)46)7-5-12(61-6-7)14(16-21(43)29(51)36(58)30(52)22(16)44)9-2-4-11(63-9)40(65)18-25(47)33(55)38(60)34(56)26(18)48/h1-6,13-14,39-40,61-65H. The molecule has 0 bridgehead atoms. The van der Waals surface area contributed by atoms with Crippen LogP contribution in [-0.2, 0) is 0 Å². The van der Waals surface area contributed by atoms with Gasteiger partial charge in [0.1, 0.15) is 12.2 Å². The van der Waals surface area contributed by atoms with E-state index in [0.29, 0.717) is 36.5 Å². The minimum Gasteiger partial charge on any atom is -0.382 e. The highest BCUT2D eigenvalue weighted by Crippen LogP contribution is 2.43. The highest BCUT2D eigenvalue weighted by atomic mass is 19.2. The first-order valence-corrected chi connectivity index (χ1v) is 17.4. The molecule has 0 saturated heterocycles. The van der Waals surface area contributed by atoms with E-state index in [0.717, 1.165) is 0 Å². The smallest absolute Gasteiger partial charge is 0.200 e. The van der Waals surface area contributed by atoms with Gasteiger partial charge in [-0.2, -0.15) is 0 Å². The summed E-state index contributed by atoms with van der Waals surface area (Å²) in [6.45, 7) is 0. The van der Waals surface area contributed by atoms with Gasteiger partial charge in [0.25, 0.3) is 0 Å². The average molecular weight is 950 g/mol. The van der Waals surface area contributed by atoms with Gasteiger partial charge in [-0.05, 0) is 35.9 Å². The molecule has 4 aromatic carbocycles. The lowest BCUT2D eigenvalue weighted by Gasteiger charge is -2.20. The van der Waals surface area contributed by atoms with Gasteiger partial charge in [-0.3, -0.25) is 0 Å². The summed E-state index contributed by atoms with van der Waals surface area (Å²) in [5, 5.41) is 21.4. The Kier molecular flexibility index (Phi) is 11.9. The van der Waals surface area contributed by atoms with Crippen LogP contribution in [0.4, 0.5) is 87.8 Å². The molecule has 0 saturated carbocycles. The number of H-pyrrole nitrogens is 3. The molecule has 0 amide bonds. The van der Waals surface area contributed by atoms with Crippen LogP contribution in [0.2, 0.25) is 0 Å². The van der Waals surface area contributed by atoms with Crippen LogP contribution in [0.1, 0.15) is 80.3 Å². The molecule has 4 unspecified atom stereocenters. The van der Waals surface area contributed by atoms with Gasteiger partial charge in [0.2, 0.25) is 23.3 Å². The maximum Gasteiger partial charge on any atom is 0.200 e. The molecular formula is C40H15F20N3O2. The van der Waals surface area contributed by atoms with Crippen molar-refractivity contribution in [3.05, 3.63) is 209 Å². The van der Waals surface area contributed by atoms with Gasteiger partial charge >= 0.3 is 0 Å². The SMILES string of the molecule is OC(c1ccc(C(c2c[nH]c(C(c3ccc(C(O)c4c(F)c(F)c(F)c(F)c4F)[nH]3)c3c(F)c(F)c(F)c(F)c3F)c2)c2c(F)c(F)c(F)c(F)c2F)[nH]1)c1c(F)c(F)c(F)c(F)c1F. The Labute approximate surface area is 346 Å². The van der Waals surface area contributed by atoms with Crippen molar-refractivity contribution in [2.24, 2.45) is 0 Å². The Morgan fingerprint density at radius 1 is 0.292 bits per heavy atom. The third-order valence-electron chi connectivity index (χ3n) is 10.1. The topological polar surface area (TPSA) is 87.8 Å². The van der Waals surface area contributed by atoms with Gasteiger partial charge in [0.15, 0.2) is 93.1 Å². The van der Waals surface area contributed by atoms with Crippen LogP contribution in [0.3, 0.4) is 0 Å². The van der Waals surface area contributed by atoms with E-state index in [1.165, 1.54) is 0 Å². The second kappa shape index (κ2) is 16.7. The number of aliphatic hydroxyl groups excluding tert-OH is 2. The number of aromatic nitrogens is 3. The minimum atomic E-state index is -2.88. The van der Waals surface area contributed by atoms with Crippen molar-refractivity contribution in [2.75, 3.05) is 0 Å². The fraction of sp³-hybridized carbons (Fsp3) is 0.100. The number of halogens is 20. The minimum absolute atomic E-state index is 0.507. The molecule has 4 atom stereocenters. The molecule has 7 rings (SSSR count). The summed E-state index contributed by atoms with van der Waals surface area (Å²) >= 11 is 0. The molecule has 25 heteroatoms. The maximum atomic E-state index is 15.6. The van der Waals surface area contributed by atoms with Gasteiger partial charge < -0.3 is 25.2 Å². The van der Waals surface area contributed by atoms with Gasteiger partial charge in [-0.15, -0.1) is 0 Å². The second-order valence-electron chi connectivity index (χ2n) is 13.7. The summed E-state index contributed by atoms with van der Waals surface area (Å²) < 4.78 is 292. The third-order valence-corrected chi connectivity index (χ3v) is 10.1. The molecule has 3 aromatic heterocycles. The zero-order chi connectivity index (χ0) is 48.0. The molecule has 5 N–H and O–H groups in total. The lowest BCUT2D eigenvalue weighted by atomic mass is 9.87. The van der Waals surface area contributed by atoms with Crippen LogP contribution in [0.15, 0.2) is 36.5 Å². The molecular weight excluding hydrogens is 934 g/mol. The van der Waals surface area contributed by atoms with E-state index in [9.17, 15) is 80.5 Å². The van der Waals surface area contributed by atoms with Crippen LogP contribution in [0.5, 0.6) is 0 Å². The maximum absolute atomic E-state index is 15.6. The number of benzene rings is 4. The highest BCUT2D eigenvalue weighted by Gasteiger charge is 2.39. The van der Waals surface area contributed by atoms with E-state index >= 15 is 17.6 Å². The van der Waals surface area contributed by atoms with Crippen LogP contribution >= 0.6 is 0 Å². The van der Waals surface area contributed by atoms with Crippen molar-refractivity contribution >= 4 is 0 Å². The summed E-state index contributed by atoms with van der Waals surface area (Å²) in [6, 6.07) is 2.85. The summed E-state index contributed by atoms with van der Waals surface area (Å²) in [6.07, 6.45) is -5.22. The number of hydrogen-bond donors (Lipinski definition) is 5. The number of aromatic amines is 3. The molecule has 0 aliphatic rings. The molecule has 65 heavy (non-hydrogen) atoms. The van der Waals surface area contributed by atoms with Crippen LogP contribution in [-0.4, -0.2) is 25.2 Å². The van der Waals surface area contributed by atoms with Gasteiger partial charge in [0, 0.05) is 45.8 Å². The Bertz CT molecular complexity index is 2770. The van der Waals surface area contributed by atoms with Gasteiger partial charge in [-0.25, -0.2) is 87.8 Å². The Morgan fingerprint density at radius 2 is 0.538 bits per heavy atom. The zero-order valence-electron chi connectivity index (χ0n) is 30.7. The monoisotopic (exact) mass is 949 g/mol. The zero-order valence-corrected chi connectivity index (χ0v) is 30.7. The van der Waals surface area contributed by atoms with E-state index < -0.39 is 197 Å². The van der Waals surface area contributed by atoms with E-state index in [1.807, 2.05) is 0 Å². The predicted molar refractivity (Wildman–Crippen MR) is 177 cm³/mol. The number of hydrogen-bond acceptors (Lipinski definition) is 2. The van der Waals surface area contributed by atoms with Crippen molar-refractivity contribution in [1.82, 2.24) is 15.0 Å². The largest absolute Gasteiger partial charge is 0.382 e. The van der Waals surface area contributed by atoms with E-state index in [4.69, 9.17) is 0 Å². The summed E-state index contributed by atoms with van der Waals surface area (Å²) in [7, 11) is 0. The van der Waals surface area contributed by atoms with Crippen molar-refractivity contribution < 1.29 is 98.0 Å². The molecule has 0 spiro atoms. The Balaban J connectivity index is 1.44. The van der Waals surface area contributed by atoms with Gasteiger partial charge in [-0.1, -0.05) is 0 Å². The molecule has 3 heterocycles. The van der Waals surface area contributed by atoms with Gasteiger partial charge in [0.05, 0.1) is 23.0 Å². The molecule has 0 fully saturated rings. The molecule has 0 aliphatic heterocycles. The normalized spacial score (nSPS) is 13.8.